The molecule has 3 aliphatic heterocycles. The van der Waals surface area contributed by atoms with Crippen LogP contribution in [-0.2, 0) is 10.8 Å². The molecule has 188 valence electrons. The van der Waals surface area contributed by atoms with Gasteiger partial charge in [-0.25, -0.2) is 4.98 Å². The van der Waals surface area contributed by atoms with Crippen LogP contribution in [0.5, 0.6) is 0 Å². The van der Waals surface area contributed by atoms with E-state index in [9.17, 15) is 0 Å². The Balaban J connectivity index is 1.48. The SMILES string of the molecule is CC1(C)c2ccccc2N2c3ccc(N(C4=CC=NCC4)c4ccccn4)cc3C(C)(C)c3cccc1c32. The van der Waals surface area contributed by atoms with Crippen LogP contribution in [0.15, 0.2) is 102 Å². The van der Waals surface area contributed by atoms with Crippen molar-refractivity contribution in [2.24, 2.45) is 4.99 Å². The fourth-order valence-corrected chi connectivity index (χ4v) is 6.60. The van der Waals surface area contributed by atoms with Gasteiger partial charge in [0.2, 0.25) is 0 Å². The third-order valence-corrected chi connectivity index (χ3v) is 8.61. The molecule has 0 saturated heterocycles. The minimum Gasteiger partial charge on any atom is -0.309 e. The van der Waals surface area contributed by atoms with Gasteiger partial charge < -0.3 is 4.90 Å². The van der Waals surface area contributed by atoms with E-state index in [2.05, 4.69) is 121 Å². The Kier molecular flexibility index (Phi) is 4.93. The molecular weight excluding hydrogens is 464 g/mol. The number of dihydropyridines is 1. The van der Waals surface area contributed by atoms with Gasteiger partial charge in [0.15, 0.2) is 0 Å². The Morgan fingerprint density at radius 2 is 1.45 bits per heavy atom. The molecular formula is C34H32N4. The third kappa shape index (κ3) is 3.16. The molecule has 7 rings (SSSR count). The van der Waals surface area contributed by atoms with Crippen LogP contribution in [-0.4, -0.2) is 17.7 Å². The lowest BCUT2D eigenvalue weighted by molar-refractivity contribution is 0.597. The van der Waals surface area contributed by atoms with E-state index in [-0.39, 0.29) is 10.8 Å². The molecule has 4 heteroatoms. The number of anilines is 5. The molecule has 0 aliphatic carbocycles. The minimum absolute atomic E-state index is 0.0727. The van der Waals surface area contributed by atoms with E-state index in [1.165, 1.54) is 45.0 Å². The Morgan fingerprint density at radius 3 is 2.18 bits per heavy atom. The molecule has 0 amide bonds. The number of benzene rings is 3. The molecule has 4 aromatic rings. The molecule has 0 saturated carbocycles. The van der Waals surface area contributed by atoms with Gasteiger partial charge in [-0.15, -0.1) is 0 Å². The highest BCUT2D eigenvalue weighted by atomic mass is 15.2. The minimum atomic E-state index is -0.173. The molecule has 0 fully saturated rings. The number of allylic oxidation sites excluding steroid dienone is 1. The van der Waals surface area contributed by atoms with Gasteiger partial charge in [-0.1, -0.05) is 70.2 Å². The highest BCUT2D eigenvalue weighted by Crippen LogP contribution is 2.60. The van der Waals surface area contributed by atoms with E-state index in [1.54, 1.807) is 0 Å². The molecule has 4 heterocycles. The first kappa shape index (κ1) is 23.0. The number of hydrogen-bond donors (Lipinski definition) is 0. The van der Waals surface area contributed by atoms with Gasteiger partial charge in [0.05, 0.1) is 17.1 Å². The normalized spacial score (nSPS) is 17.7. The fourth-order valence-electron chi connectivity index (χ4n) is 6.60. The summed E-state index contributed by atoms with van der Waals surface area (Å²) in [7, 11) is 0. The van der Waals surface area contributed by atoms with Gasteiger partial charge in [-0.2, -0.15) is 0 Å². The topological polar surface area (TPSA) is 31.7 Å². The highest BCUT2D eigenvalue weighted by Gasteiger charge is 2.45. The molecule has 0 radical (unpaired) electrons. The number of rotatable bonds is 3. The van der Waals surface area contributed by atoms with Crippen molar-refractivity contribution in [3.8, 4) is 0 Å². The lowest BCUT2D eigenvalue weighted by atomic mass is 9.66. The highest BCUT2D eigenvalue weighted by molar-refractivity contribution is 5.93. The maximum atomic E-state index is 4.74. The number of para-hydroxylation sites is 2. The smallest absolute Gasteiger partial charge is 0.137 e. The molecule has 3 aliphatic rings. The predicted octanol–water partition coefficient (Wildman–Crippen LogP) is 8.33. The van der Waals surface area contributed by atoms with Crippen molar-refractivity contribution in [2.45, 2.75) is 44.9 Å². The van der Waals surface area contributed by atoms with Gasteiger partial charge in [-0.05, 0) is 64.7 Å². The molecule has 0 bridgehead atoms. The molecule has 0 atom stereocenters. The number of nitrogens with zero attached hydrogens (tertiary/aromatic N) is 4. The number of aliphatic imine (C=N–C) groups is 1. The molecule has 0 unspecified atom stereocenters. The van der Waals surface area contributed by atoms with Crippen LogP contribution in [0, 0.1) is 0 Å². The van der Waals surface area contributed by atoms with Crippen LogP contribution < -0.4 is 9.80 Å². The Morgan fingerprint density at radius 1 is 0.737 bits per heavy atom. The summed E-state index contributed by atoms with van der Waals surface area (Å²) in [6, 6.07) is 28.8. The lowest BCUT2D eigenvalue weighted by Crippen LogP contribution is -2.38. The van der Waals surface area contributed by atoms with Crippen LogP contribution in [0.2, 0.25) is 0 Å². The van der Waals surface area contributed by atoms with Gasteiger partial charge in [0.25, 0.3) is 0 Å². The monoisotopic (exact) mass is 496 g/mol. The van der Waals surface area contributed by atoms with Crippen LogP contribution >= 0.6 is 0 Å². The van der Waals surface area contributed by atoms with Crippen LogP contribution in [0.4, 0.5) is 28.6 Å². The molecule has 0 spiro atoms. The summed E-state index contributed by atoms with van der Waals surface area (Å²) in [5.74, 6) is 0.926. The van der Waals surface area contributed by atoms with E-state index in [0.29, 0.717) is 0 Å². The first-order valence-electron chi connectivity index (χ1n) is 13.5. The summed E-state index contributed by atoms with van der Waals surface area (Å²) in [5.41, 5.74) is 11.4. The van der Waals surface area contributed by atoms with Crippen LogP contribution in [0.3, 0.4) is 0 Å². The van der Waals surface area contributed by atoms with Gasteiger partial charge >= 0.3 is 0 Å². The summed E-state index contributed by atoms with van der Waals surface area (Å²) in [4.78, 5) is 14.0. The fraction of sp³-hybridized carbons (Fsp3) is 0.235. The largest absolute Gasteiger partial charge is 0.309 e. The quantitative estimate of drug-likeness (QED) is 0.286. The first-order chi connectivity index (χ1) is 18.4. The summed E-state index contributed by atoms with van der Waals surface area (Å²) in [6.45, 7) is 10.2. The maximum Gasteiger partial charge on any atom is 0.137 e. The zero-order chi connectivity index (χ0) is 26.1. The molecule has 4 nitrogen and oxygen atoms in total. The molecule has 1 aromatic heterocycles. The Labute approximate surface area is 225 Å². The van der Waals surface area contributed by atoms with Crippen molar-refractivity contribution < 1.29 is 0 Å². The summed E-state index contributed by atoms with van der Waals surface area (Å²) >= 11 is 0. The van der Waals surface area contributed by atoms with E-state index in [4.69, 9.17) is 4.98 Å². The second-order valence-electron chi connectivity index (χ2n) is 11.5. The Bertz CT molecular complexity index is 1630. The van der Waals surface area contributed by atoms with E-state index < -0.39 is 0 Å². The molecule has 38 heavy (non-hydrogen) atoms. The molecule has 0 N–H and O–H groups in total. The summed E-state index contributed by atoms with van der Waals surface area (Å²) < 4.78 is 0. The first-order valence-corrected chi connectivity index (χ1v) is 13.5. The van der Waals surface area contributed by atoms with Gasteiger partial charge in [-0.3, -0.25) is 9.89 Å². The predicted molar refractivity (Wildman–Crippen MR) is 158 cm³/mol. The zero-order valence-corrected chi connectivity index (χ0v) is 22.4. The summed E-state index contributed by atoms with van der Waals surface area (Å²) in [5, 5.41) is 0. The maximum absolute atomic E-state index is 4.74. The number of pyridine rings is 1. The second-order valence-corrected chi connectivity index (χ2v) is 11.5. The van der Waals surface area contributed by atoms with Gasteiger partial charge in [0.1, 0.15) is 5.82 Å². The lowest BCUT2D eigenvalue weighted by Gasteiger charge is -2.49. The van der Waals surface area contributed by atoms with E-state index >= 15 is 0 Å². The van der Waals surface area contributed by atoms with E-state index in [0.717, 1.165) is 24.5 Å². The molecule has 3 aromatic carbocycles. The zero-order valence-electron chi connectivity index (χ0n) is 22.4. The number of aromatic nitrogens is 1. The van der Waals surface area contributed by atoms with Crippen molar-refractivity contribution in [1.29, 1.82) is 0 Å². The van der Waals surface area contributed by atoms with Crippen molar-refractivity contribution >= 4 is 34.8 Å². The van der Waals surface area contributed by atoms with Gasteiger partial charge in [0, 0.05) is 47.6 Å². The van der Waals surface area contributed by atoms with Crippen molar-refractivity contribution in [1.82, 2.24) is 4.98 Å². The second kappa shape index (κ2) is 8.16. The Hall–Kier alpha value is -4.18. The van der Waals surface area contributed by atoms with Crippen LogP contribution in [0.25, 0.3) is 0 Å². The number of fused-ring (bicyclic) bond motifs is 4. The third-order valence-electron chi connectivity index (χ3n) is 8.61. The number of hydrogen-bond acceptors (Lipinski definition) is 4. The van der Waals surface area contributed by atoms with E-state index in [1.807, 2.05) is 18.5 Å². The average Bonchev–Trinajstić information content (AvgIpc) is 2.94. The average molecular weight is 497 g/mol. The van der Waals surface area contributed by atoms with Crippen LogP contribution in [0.1, 0.15) is 56.4 Å². The van der Waals surface area contributed by atoms with Crippen molar-refractivity contribution in [3.63, 3.8) is 0 Å². The van der Waals surface area contributed by atoms with Crippen molar-refractivity contribution in [2.75, 3.05) is 16.3 Å². The summed E-state index contributed by atoms with van der Waals surface area (Å²) in [6.07, 6.45) is 6.79. The standard InChI is InChI=1S/C34H32N4/c1-33(2)25-10-5-6-13-29(25)38-30-16-15-24(22-28(30)34(3,4)27-12-9-11-26(33)32(27)38)37(23-17-20-35-21-18-23)31-14-7-8-19-36-31/h5-17,19-20,22H,18,21H2,1-4H3. The van der Waals surface area contributed by atoms with Crippen molar-refractivity contribution in [3.05, 3.63) is 119 Å².